The number of rotatable bonds is 2. The summed E-state index contributed by atoms with van der Waals surface area (Å²) in [5.74, 6) is 2.45. The molecule has 1 atom stereocenters. The van der Waals surface area contributed by atoms with Gasteiger partial charge in [0.25, 0.3) is 0 Å². The maximum absolute atomic E-state index is 5.95. The van der Waals surface area contributed by atoms with Crippen molar-refractivity contribution in [3.05, 3.63) is 41.8 Å². The van der Waals surface area contributed by atoms with Crippen LogP contribution in [-0.2, 0) is 11.8 Å². The van der Waals surface area contributed by atoms with Crippen molar-refractivity contribution in [2.75, 3.05) is 19.3 Å². The van der Waals surface area contributed by atoms with Crippen molar-refractivity contribution in [1.82, 2.24) is 4.90 Å². The summed E-state index contributed by atoms with van der Waals surface area (Å²) < 4.78 is 0. The lowest BCUT2D eigenvalue weighted by Crippen LogP contribution is -2.17. The smallest absolute Gasteiger partial charge is 0.0175 e. The van der Waals surface area contributed by atoms with Crippen molar-refractivity contribution in [1.29, 1.82) is 0 Å². The van der Waals surface area contributed by atoms with E-state index < -0.39 is 6.04 Å². The Bertz CT molecular complexity index is 474. The summed E-state index contributed by atoms with van der Waals surface area (Å²) in [6.07, 6.45) is 5.10. The van der Waals surface area contributed by atoms with Crippen LogP contribution in [0, 0.1) is 0 Å². The number of likely N-dealkylation sites (tertiary alicyclic amines) is 1. The molecular formula is C14H18NPS. The van der Waals surface area contributed by atoms with Gasteiger partial charge in [-0.05, 0) is 36.5 Å². The van der Waals surface area contributed by atoms with Crippen LogP contribution >= 0.6 is 6.04 Å². The zero-order valence-electron chi connectivity index (χ0n) is 10.0. The number of allylic oxidation sites excluding steroid dienone is 1. The average molecular weight is 263 g/mol. The van der Waals surface area contributed by atoms with Gasteiger partial charge in [0.05, 0.1) is 0 Å². The molecule has 1 aromatic rings. The summed E-state index contributed by atoms with van der Waals surface area (Å²) in [5, 5.41) is 1.39. The lowest BCUT2D eigenvalue weighted by molar-refractivity contribution is 0.417. The highest BCUT2D eigenvalue weighted by atomic mass is 32.4. The summed E-state index contributed by atoms with van der Waals surface area (Å²) >= 11 is 5.95. The predicted octanol–water partition coefficient (Wildman–Crippen LogP) is 3.13. The largest absolute Gasteiger partial charge is 0.375 e. The first-order valence-electron chi connectivity index (χ1n) is 6.39. The maximum atomic E-state index is 5.95. The van der Waals surface area contributed by atoms with Gasteiger partial charge in [-0.3, -0.25) is 0 Å². The zero-order chi connectivity index (χ0) is 11.7. The standard InChI is InChI=1S/C14H18NPS/c17-16(14-6-2-1-3-7-14)11-8-13(12-16)15-9-4-5-10-15/h1-3,6-7,12H,4-5,8-11H2. The Morgan fingerprint density at radius 2 is 1.76 bits per heavy atom. The SMILES string of the molecule is S=P1(c2ccccc2)C=C(N2CCCC2)CC1. The van der Waals surface area contributed by atoms with Crippen LogP contribution in [0.3, 0.4) is 0 Å². The molecule has 0 aliphatic carbocycles. The van der Waals surface area contributed by atoms with Gasteiger partial charge in [-0.1, -0.05) is 42.1 Å². The molecule has 0 aromatic heterocycles. The van der Waals surface area contributed by atoms with Gasteiger partial charge in [0, 0.05) is 24.8 Å². The van der Waals surface area contributed by atoms with Gasteiger partial charge in [-0.2, -0.15) is 0 Å². The Morgan fingerprint density at radius 1 is 1.06 bits per heavy atom. The molecule has 17 heavy (non-hydrogen) atoms. The van der Waals surface area contributed by atoms with E-state index in [0.717, 1.165) is 0 Å². The molecular weight excluding hydrogens is 245 g/mol. The van der Waals surface area contributed by atoms with E-state index in [4.69, 9.17) is 11.8 Å². The molecule has 0 N–H and O–H groups in total. The zero-order valence-corrected chi connectivity index (χ0v) is 11.7. The molecule has 1 aromatic carbocycles. The van der Waals surface area contributed by atoms with E-state index >= 15 is 0 Å². The summed E-state index contributed by atoms with van der Waals surface area (Å²) in [4.78, 5) is 2.55. The van der Waals surface area contributed by atoms with E-state index in [-0.39, 0.29) is 0 Å². The fraction of sp³-hybridized carbons (Fsp3) is 0.429. The van der Waals surface area contributed by atoms with Crippen LogP contribution in [0.2, 0.25) is 0 Å². The highest BCUT2D eigenvalue weighted by Gasteiger charge is 2.27. The fourth-order valence-electron chi connectivity index (χ4n) is 2.78. The van der Waals surface area contributed by atoms with Crippen molar-refractivity contribution in [2.24, 2.45) is 0 Å². The second-order valence-corrected chi connectivity index (χ2v) is 9.69. The van der Waals surface area contributed by atoms with Crippen LogP contribution in [0.5, 0.6) is 0 Å². The molecule has 90 valence electrons. The number of hydrogen-bond acceptors (Lipinski definition) is 2. The third-order valence-electron chi connectivity index (χ3n) is 3.76. The minimum absolute atomic E-state index is 1.19. The highest BCUT2D eigenvalue weighted by molar-refractivity contribution is 8.19. The lowest BCUT2D eigenvalue weighted by atomic mass is 10.3. The van der Waals surface area contributed by atoms with E-state index in [1.54, 1.807) is 0 Å². The maximum Gasteiger partial charge on any atom is 0.0175 e. The monoisotopic (exact) mass is 263 g/mol. The van der Waals surface area contributed by atoms with Gasteiger partial charge in [-0.15, -0.1) is 0 Å². The molecule has 3 heteroatoms. The molecule has 2 aliphatic rings. The molecule has 1 saturated heterocycles. The molecule has 0 saturated carbocycles. The molecule has 2 heterocycles. The molecule has 2 aliphatic heterocycles. The first kappa shape index (κ1) is 11.5. The Morgan fingerprint density at radius 3 is 2.47 bits per heavy atom. The van der Waals surface area contributed by atoms with Crippen LogP contribution in [0.1, 0.15) is 19.3 Å². The first-order chi connectivity index (χ1) is 8.28. The quantitative estimate of drug-likeness (QED) is 0.754. The highest BCUT2D eigenvalue weighted by Crippen LogP contribution is 2.54. The van der Waals surface area contributed by atoms with Crippen LogP contribution in [0.4, 0.5) is 0 Å². The van der Waals surface area contributed by atoms with E-state index in [0.29, 0.717) is 0 Å². The molecule has 0 bridgehead atoms. The van der Waals surface area contributed by atoms with Crippen molar-refractivity contribution < 1.29 is 0 Å². The molecule has 0 amide bonds. The summed E-state index contributed by atoms with van der Waals surface area (Å²) in [6.45, 7) is 2.49. The second-order valence-electron chi connectivity index (χ2n) is 4.92. The number of nitrogens with zero attached hydrogens (tertiary/aromatic N) is 1. The Kier molecular flexibility index (Phi) is 3.10. The number of benzene rings is 1. The van der Waals surface area contributed by atoms with Crippen molar-refractivity contribution in [3.63, 3.8) is 0 Å². The van der Waals surface area contributed by atoms with Gasteiger partial charge in [0.2, 0.25) is 0 Å². The molecule has 1 nitrogen and oxygen atoms in total. The van der Waals surface area contributed by atoms with Gasteiger partial charge >= 0.3 is 0 Å². The van der Waals surface area contributed by atoms with Crippen molar-refractivity contribution in [3.8, 4) is 0 Å². The second kappa shape index (κ2) is 4.59. The molecule has 0 spiro atoms. The van der Waals surface area contributed by atoms with E-state index in [2.05, 4.69) is 41.0 Å². The third-order valence-corrected chi connectivity index (χ3v) is 8.03. The average Bonchev–Trinajstić information content (AvgIpc) is 3.00. The van der Waals surface area contributed by atoms with Gasteiger partial charge < -0.3 is 4.90 Å². The summed E-state index contributed by atoms with van der Waals surface area (Å²) in [6, 6.07) is 9.33. The normalized spacial score (nSPS) is 28.5. The summed E-state index contributed by atoms with van der Waals surface area (Å²) in [7, 11) is 0. The molecule has 1 fully saturated rings. The van der Waals surface area contributed by atoms with Gasteiger partial charge in [0.15, 0.2) is 0 Å². The van der Waals surface area contributed by atoms with Crippen LogP contribution in [0.15, 0.2) is 41.8 Å². The predicted molar refractivity (Wildman–Crippen MR) is 78.7 cm³/mol. The molecule has 1 unspecified atom stereocenters. The van der Waals surface area contributed by atoms with Crippen LogP contribution in [-0.4, -0.2) is 24.2 Å². The van der Waals surface area contributed by atoms with Gasteiger partial charge in [-0.25, -0.2) is 0 Å². The van der Waals surface area contributed by atoms with Crippen molar-refractivity contribution in [2.45, 2.75) is 19.3 Å². The fourth-order valence-corrected chi connectivity index (χ4v) is 6.33. The Labute approximate surface area is 109 Å². The Balaban J connectivity index is 1.88. The van der Waals surface area contributed by atoms with Gasteiger partial charge in [0.1, 0.15) is 0 Å². The minimum Gasteiger partial charge on any atom is -0.375 e. The Hall–Kier alpha value is -0.590. The van der Waals surface area contributed by atoms with E-state index in [9.17, 15) is 0 Å². The van der Waals surface area contributed by atoms with E-state index in [1.165, 1.54) is 49.5 Å². The summed E-state index contributed by atoms with van der Waals surface area (Å²) in [5.41, 5.74) is 1.54. The lowest BCUT2D eigenvalue weighted by Gasteiger charge is -2.18. The van der Waals surface area contributed by atoms with Crippen LogP contribution < -0.4 is 5.30 Å². The van der Waals surface area contributed by atoms with Crippen LogP contribution in [0.25, 0.3) is 0 Å². The number of hydrogen-bond donors (Lipinski definition) is 0. The minimum atomic E-state index is -1.40. The van der Waals surface area contributed by atoms with Crippen molar-refractivity contribution >= 4 is 23.1 Å². The molecule has 0 radical (unpaired) electrons. The van der Waals surface area contributed by atoms with E-state index in [1.807, 2.05) is 0 Å². The topological polar surface area (TPSA) is 3.24 Å². The molecule has 3 rings (SSSR count). The third kappa shape index (κ3) is 2.21. The first-order valence-corrected chi connectivity index (χ1v) is 9.45.